The van der Waals surface area contributed by atoms with E-state index in [1.165, 1.54) is 0 Å². The van der Waals surface area contributed by atoms with E-state index >= 15 is 0 Å². The Balaban J connectivity index is 2.11. The lowest BCUT2D eigenvalue weighted by Crippen LogP contribution is -2.27. The van der Waals surface area contributed by atoms with Crippen molar-refractivity contribution in [2.75, 3.05) is 10.7 Å². The molecule has 0 aliphatic carbocycles. The van der Waals surface area contributed by atoms with Gasteiger partial charge in [-0.15, -0.1) is 0 Å². The second kappa shape index (κ2) is 7.97. The molecule has 0 saturated carbocycles. The molecule has 6 heteroatoms. The predicted molar refractivity (Wildman–Crippen MR) is 102 cm³/mol. The number of hydrogen-bond donors (Lipinski definition) is 2. The number of nitrogens with one attached hydrogen (secondary N) is 2. The van der Waals surface area contributed by atoms with E-state index < -0.39 is 11.7 Å². The molecular formula is C18H20BrN3O2. The molecule has 2 rings (SSSR count). The first-order valence-electron chi connectivity index (χ1n) is 7.47. The third kappa shape index (κ3) is 6.04. The summed E-state index contributed by atoms with van der Waals surface area (Å²) in [6.07, 6.45) is 1.14. The Morgan fingerprint density at radius 2 is 1.88 bits per heavy atom. The van der Waals surface area contributed by atoms with Crippen LogP contribution < -0.4 is 10.7 Å². The lowest BCUT2D eigenvalue weighted by atomic mass is 10.2. The molecule has 0 heterocycles. The van der Waals surface area contributed by atoms with Gasteiger partial charge >= 0.3 is 6.09 Å². The summed E-state index contributed by atoms with van der Waals surface area (Å²) in [6, 6.07) is 15.1. The van der Waals surface area contributed by atoms with Crippen LogP contribution >= 0.6 is 15.9 Å². The normalized spacial score (nSPS) is 11.3. The maximum Gasteiger partial charge on any atom is 0.412 e. The highest BCUT2D eigenvalue weighted by Crippen LogP contribution is 2.21. The van der Waals surface area contributed by atoms with E-state index in [-0.39, 0.29) is 0 Å². The van der Waals surface area contributed by atoms with Gasteiger partial charge in [0.05, 0.1) is 17.6 Å². The zero-order chi connectivity index (χ0) is 17.6. The van der Waals surface area contributed by atoms with E-state index in [0.29, 0.717) is 5.69 Å². The molecule has 126 valence electrons. The van der Waals surface area contributed by atoms with Crippen LogP contribution in [-0.4, -0.2) is 17.9 Å². The van der Waals surface area contributed by atoms with Gasteiger partial charge in [-0.05, 0) is 45.0 Å². The highest BCUT2D eigenvalue weighted by atomic mass is 79.9. The third-order valence-corrected chi connectivity index (χ3v) is 3.32. The van der Waals surface area contributed by atoms with E-state index in [9.17, 15) is 4.79 Å². The van der Waals surface area contributed by atoms with Gasteiger partial charge in [-0.3, -0.25) is 10.7 Å². The number of halogens is 1. The smallest absolute Gasteiger partial charge is 0.412 e. The molecule has 2 aromatic carbocycles. The van der Waals surface area contributed by atoms with Crippen molar-refractivity contribution in [3.05, 3.63) is 58.6 Å². The first-order valence-corrected chi connectivity index (χ1v) is 8.26. The van der Waals surface area contributed by atoms with Gasteiger partial charge in [0.25, 0.3) is 0 Å². The quantitative estimate of drug-likeness (QED) is 0.554. The van der Waals surface area contributed by atoms with Crippen LogP contribution in [0.25, 0.3) is 0 Å². The molecule has 0 aliphatic rings. The monoisotopic (exact) mass is 389 g/mol. The SMILES string of the molecule is CC(C)(C)OC(=O)Nc1cc(Br)ccc1C=NNc1ccccc1. The molecule has 2 aromatic rings. The van der Waals surface area contributed by atoms with Crippen molar-refractivity contribution in [2.45, 2.75) is 26.4 Å². The van der Waals surface area contributed by atoms with Crippen LogP contribution in [-0.2, 0) is 4.74 Å². The molecule has 0 aromatic heterocycles. The fourth-order valence-corrected chi connectivity index (χ4v) is 2.21. The second-order valence-electron chi connectivity index (χ2n) is 6.09. The van der Waals surface area contributed by atoms with Crippen LogP contribution in [0.4, 0.5) is 16.2 Å². The summed E-state index contributed by atoms with van der Waals surface area (Å²) in [4.78, 5) is 12.0. The Hall–Kier alpha value is -2.34. The topological polar surface area (TPSA) is 62.7 Å². The Morgan fingerprint density at radius 3 is 2.54 bits per heavy atom. The molecule has 0 atom stereocenters. The van der Waals surface area contributed by atoms with Crippen LogP contribution in [0.2, 0.25) is 0 Å². The standard InChI is InChI=1S/C18H20BrN3O2/c1-18(2,3)24-17(23)21-16-11-14(19)10-9-13(16)12-20-22-15-7-5-4-6-8-15/h4-12,22H,1-3H3,(H,21,23). The molecule has 0 spiro atoms. The Kier molecular flexibility index (Phi) is 5.98. The summed E-state index contributed by atoms with van der Waals surface area (Å²) in [6.45, 7) is 5.46. The van der Waals surface area contributed by atoms with Crippen molar-refractivity contribution in [3.63, 3.8) is 0 Å². The van der Waals surface area contributed by atoms with Gasteiger partial charge in [0.1, 0.15) is 5.60 Å². The molecule has 0 bridgehead atoms. The van der Waals surface area contributed by atoms with Gasteiger partial charge in [0.2, 0.25) is 0 Å². The van der Waals surface area contributed by atoms with Crippen molar-refractivity contribution in [1.82, 2.24) is 0 Å². The molecule has 24 heavy (non-hydrogen) atoms. The van der Waals surface area contributed by atoms with Crippen LogP contribution in [0.3, 0.4) is 0 Å². The molecule has 0 radical (unpaired) electrons. The van der Waals surface area contributed by atoms with Crippen molar-refractivity contribution < 1.29 is 9.53 Å². The van der Waals surface area contributed by atoms with Gasteiger partial charge in [-0.1, -0.05) is 40.2 Å². The number of carbonyl (C=O) groups excluding carboxylic acids is 1. The largest absolute Gasteiger partial charge is 0.444 e. The lowest BCUT2D eigenvalue weighted by Gasteiger charge is -2.20. The molecule has 0 fully saturated rings. The fourth-order valence-electron chi connectivity index (χ4n) is 1.85. The number of nitrogens with zero attached hydrogens (tertiary/aromatic N) is 1. The number of carbonyl (C=O) groups is 1. The molecule has 5 nitrogen and oxygen atoms in total. The fraction of sp³-hybridized carbons (Fsp3) is 0.222. The maximum atomic E-state index is 12.0. The molecule has 1 amide bonds. The number of hydrogen-bond acceptors (Lipinski definition) is 4. The summed E-state index contributed by atoms with van der Waals surface area (Å²) in [5, 5.41) is 6.95. The minimum absolute atomic E-state index is 0.508. The minimum atomic E-state index is -0.556. The summed E-state index contributed by atoms with van der Waals surface area (Å²) in [5.41, 5.74) is 4.63. The molecule has 0 saturated heterocycles. The van der Waals surface area contributed by atoms with Crippen molar-refractivity contribution in [2.24, 2.45) is 5.10 Å². The number of amides is 1. The Labute approximate surface area is 150 Å². The lowest BCUT2D eigenvalue weighted by molar-refractivity contribution is 0.0636. The number of anilines is 2. The predicted octanol–water partition coefficient (Wildman–Crippen LogP) is 5.24. The van der Waals surface area contributed by atoms with Crippen LogP contribution in [0.1, 0.15) is 26.3 Å². The van der Waals surface area contributed by atoms with Crippen LogP contribution in [0, 0.1) is 0 Å². The van der Waals surface area contributed by atoms with Crippen molar-refractivity contribution in [3.8, 4) is 0 Å². The number of para-hydroxylation sites is 1. The van der Waals surface area contributed by atoms with Crippen molar-refractivity contribution in [1.29, 1.82) is 0 Å². The zero-order valence-electron chi connectivity index (χ0n) is 13.8. The Bertz CT molecular complexity index is 725. The summed E-state index contributed by atoms with van der Waals surface area (Å²) < 4.78 is 6.13. The van der Waals surface area contributed by atoms with Gasteiger partial charge in [0.15, 0.2) is 0 Å². The van der Waals surface area contributed by atoms with E-state index in [1.807, 2.05) is 63.2 Å². The molecule has 0 aliphatic heterocycles. The molecule has 0 unspecified atom stereocenters. The number of benzene rings is 2. The summed E-state index contributed by atoms with van der Waals surface area (Å²) >= 11 is 3.40. The molecular weight excluding hydrogens is 370 g/mol. The average Bonchev–Trinajstić information content (AvgIpc) is 2.48. The summed E-state index contributed by atoms with van der Waals surface area (Å²) in [7, 11) is 0. The highest BCUT2D eigenvalue weighted by Gasteiger charge is 2.17. The van der Waals surface area contributed by atoms with Crippen LogP contribution in [0.5, 0.6) is 0 Å². The van der Waals surface area contributed by atoms with Crippen molar-refractivity contribution >= 4 is 39.6 Å². The maximum absolute atomic E-state index is 12.0. The van der Waals surface area contributed by atoms with E-state index in [0.717, 1.165) is 15.7 Å². The van der Waals surface area contributed by atoms with Gasteiger partial charge in [0, 0.05) is 10.0 Å². The van der Waals surface area contributed by atoms with Gasteiger partial charge in [-0.2, -0.15) is 5.10 Å². The number of hydrazone groups is 1. The molecule has 2 N–H and O–H groups in total. The second-order valence-corrected chi connectivity index (χ2v) is 7.01. The number of rotatable bonds is 4. The first-order chi connectivity index (χ1) is 11.3. The zero-order valence-corrected chi connectivity index (χ0v) is 15.4. The van der Waals surface area contributed by atoms with E-state index in [2.05, 4.69) is 31.8 Å². The van der Waals surface area contributed by atoms with Gasteiger partial charge in [-0.25, -0.2) is 4.79 Å². The Morgan fingerprint density at radius 1 is 1.17 bits per heavy atom. The number of ether oxygens (including phenoxy) is 1. The third-order valence-electron chi connectivity index (χ3n) is 2.82. The minimum Gasteiger partial charge on any atom is -0.444 e. The van der Waals surface area contributed by atoms with Gasteiger partial charge < -0.3 is 4.74 Å². The van der Waals surface area contributed by atoms with Crippen LogP contribution in [0.15, 0.2) is 58.1 Å². The van der Waals surface area contributed by atoms with E-state index in [1.54, 1.807) is 12.3 Å². The first kappa shape index (κ1) is 18.0. The highest BCUT2D eigenvalue weighted by molar-refractivity contribution is 9.10. The average molecular weight is 390 g/mol. The van der Waals surface area contributed by atoms with E-state index in [4.69, 9.17) is 4.74 Å². The summed E-state index contributed by atoms with van der Waals surface area (Å²) in [5.74, 6) is 0.